The molecule has 4 nitrogen and oxygen atoms in total. The molecule has 0 spiro atoms. The Balaban J connectivity index is 2.23. The summed E-state index contributed by atoms with van der Waals surface area (Å²) in [4.78, 5) is 10.5. The molecule has 1 aromatic carbocycles. The second-order valence-corrected chi connectivity index (χ2v) is 4.46. The summed E-state index contributed by atoms with van der Waals surface area (Å²) >= 11 is 0. The second kappa shape index (κ2) is 5.49. The van der Waals surface area contributed by atoms with Crippen LogP contribution >= 0.6 is 0 Å². The lowest BCUT2D eigenvalue weighted by atomic mass is 10.3. The van der Waals surface area contributed by atoms with Crippen LogP contribution in [-0.4, -0.2) is 23.1 Å². The summed E-state index contributed by atoms with van der Waals surface area (Å²) in [5.74, 6) is 1.72. The van der Waals surface area contributed by atoms with Crippen LogP contribution < -0.4 is 10.2 Å². The lowest BCUT2D eigenvalue weighted by Gasteiger charge is -2.19. The van der Waals surface area contributed by atoms with Crippen molar-refractivity contribution in [2.45, 2.75) is 19.9 Å². The van der Waals surface area contributed by atoms with Crippen molar-refractivity contribution in [1.82, 2.24) is 9.97 Å². The molecule has 94 valence electrons. The van der Waals surface area contributed by atoms with Crippen LogP contribution in [-0.2, 0) is 0 Å². The fourth-order valence-electron chi connectivity index (χ4n) is 1.69. The molecule has 2 rings (SSSR count). The Hall–Kier alpha value is -2.10. The van der Waals surface area contributed by atoms with Gasteiger partial charge in [-0.3, -0.25) is 0 Å². The quantitative estimate of drug-likeness (QED) is 0.894. The van der Waals surface area contributed by atoms with Crippen molar-refractivity contribution in [2.75, 3.05) is 17.3 Å². The molecule has 0 aliphatic rings. The SMILES string of the molecule is CC(C)Nc1cc(N(C)c2ccccc2)ncn1. The lowest BCUT2D eigenvalue weighted by molar-refractivity contribution is 0.885. The van der Waals surface area contributed by atoms with Crippen molar-refractivity contribution in [3.63, 3.8) is 0 Å². The molecule has 0 aliphatic carbocycles. The summed E-state index contributed by atoms with van der Waals surface area (Å²) in [6.45, 7) is 4.17. The smallest absolute Gasteiger partial charge is 0.138 e. The highest BCUT2D eigenvalue weighted by molar-refractivity contribution is 5.61. The van der Waals surface area contributed by atoms with E-state index < -0.39 is 0 Å². The van der Waals surface area contributed by atoms with E-state index in [1.165, 1.54) is 0 Å². The Morgan fingerprint density at radius 2 is 1.83 bits per heavy atom. The molecule has 0 fully saturated rings. The van der Waals surface area contributed by atoms with Gasteiger partial charge in [-0.2, -0.15) is 0 Å². The van der Waals surface area contributed by atoms with E-state index in [0.29, 0.717) is 6.04 Å². The largest absolute Gasteiger partial charge is 0.368 e. The minimum absolute atomic E-state index is 0.356. The third-order valence-corrected chi connectivity index (χ3v) is 2.58. The van der Waals surface area contributed by atoms with Crippen molar-refractivity contribution in [2.24, 2.45) is 0 Å². The van der Waals surface area contributed by atoms with Crippen molar-refractivity contribution in [3.8, 4) is 0 Å². The summed E-state index contributed by atoms with van der Waals surface area (Å²) < 4.78 is 0. The van der Waals surface area contributed by atoms with Crippen LogP contribution in [0, 0.1) is 0 Å². The number of hydrogen-bond acceptors (Lipinski definition) is 4. The topological polar surface area (TPSA) is 41.0 Å². The van der Waals surface area contributed by atoms with Gasteiger partial charge in [-0.05, 0) is 26.0 Å². The van der Waals surface area contributed by atoms with Gasteiger partial charge in [0, 0.05) is 24.8 Å². The first-order valence-electron chi connectivity index (χ1n) is 6.04. The van der Waals surface area contributed by atoms with Gasteiger partial charge in [0.05, 0.1) is 0 Å². The Kier molecular flexibility index (Phi) is 3.77. The molecule has 0 radical (unpaired) electrons. The van der Waals surface area contributed by atoms with Gasteiger partial charge in [-0.15, -0.1) is 0 Å². The van der Waals surface area contributed by atoms with Crippen LogP contribution in [0.4, 0.5) is 17.3 Å². The van der Waals surface area contributed by atoms with Crippen molar-refractivity contribution < 1.29 is 0 Å². The van der Waals surface area contributed by atoms with E-state index in [0.717, 1.165) is 17.3 Å². The normalized spacial score (nSPS) is 10.4. The molecule has 18 heavy (non-hydrogen) atoms. The number of anilines is 3. The van der Waals surface area contributed by atoms with E-state index in [1.54, 1.807) is 6.33 Å². The number of nitrogens with zero attached hydrogens (tertiary/aromatic N) is 3. The molecular formula is C14H18N4. The van der Waals surface area contributed by atoms with Gasteiger partial charge in [-0.25, -0.2) is 9.97 Å². The van der Waals surface area contributed by atoms with Crippen LogP contribution in [0.1, 0.15) is 13.8 Å². The average molecular weight is 242 g/mol. The second-order valence-electron chi connectivity index (χ2n) is 4.46. The molecule has 0 unspecified atom stereocenters. The zero-order valence-electron chi connectivity index (χ0n) is 11.0. The van der Waals surface area contributed by atoms with Crippen molar-refractivity contribution in [3.05, 3.63) is 42.7 Å². The molecule has 4 heteroatoms. The minimum atomic E-state index is 0.356. The highest BCUT2D eigenvalue weighted by atomic mass is 15.2. The van der Waals surface area contributed by atoms with E-state index in [9.17, 15) is 0 Å². The standard InChI is InChI=1S/C14H18N4/c1-11(2)17-13-9-14(16-10-15-13)18(3)12-7-5-4-6-8-12/h4-11H,1-3H3,(H,15,16,17). The fraction of sp³-hybridized carbons (Fsp3) is 0.286. The molecular weight excluding hydrogens is 224 g/mol. The van der Waals surface area contributed by atoms with E-state index in [2.05, 4.69) is 41.3 Å². The molecule has 0 aliphatic heterocycles. The Labute approximate surface area is 108 Å². The third-order valence-electron chi connectivity index (χ3n) is 2.58. The number of rotatable bonds is 4. The Morgan fingerprint density at radius 1 is 1.11 bits per heavy atom. The Bertz CT molecular complexity index is 496. The third kappa shape index (κ3) is 2.97. The van der Waals surface area contributed by atoms with Gasteiger partial charge in [-0.1, -0.05) is 18.2 Å². The highest BCUT2D eigenvalue weighted by Crippen LogP contribution is 2.22. The number of benzene rings is 1. The Morgan fingerprint density at radius 3 is 2.50 bits per heavy atom. The van der Waals surface area contributed by atoms with Gasteiger partial charge < -0.3 is 10.2 Å². The summed E-state index contributed by atoms with van der Waals surface area (Å²) in [5, 5.41) is 3.27. The van der Waals surface area contributed by atoms with E-state index >= 15 is 0 Å². The zero-order valence-corrected chi connectivity index (χ0v) is 11.0. The molecule has 1 N–H and O–H groups in total. The van der Waals surface area contributed by atoms with Crippen LogP contribution in [0.5, 0.6) is 0 Å². The summed E-state index contributed by atoms with van der Waals surface area (Å²) in [5.41, 5.74) is 1.10. The lowest BCUT2D eigenvalue weighted by Crippen LogP contribution is -2.14. The number of aromatic nitrogens is 2. The first-order chi connectivity index (χ1) is 8.66. The fourth-order valence-corrected chi connectivity index (χ4v) is 1.69. The predicted octanol–water partition coefficient (Wildman–Crippen LogP) is 3.06. The van der Waals surface area contributed by atoms with Crippen molar-refractivity contribution >= 4 is 17.3 Å². The van der Waals surface area contributed by atoms with Crippen LogP contribution in [0.3, 0.4) is 0 Å². The van der Waals surface area contributed by atoms with Gasteiger partial charge in [0.2, 0.25) is 0 Å². The molecule has 1 heterocycles. The maximum absolute atomic E-state index is 4.30. The molecule has 0 bridgehead atoms. The molecule has 0 atom stereocenters. The molecule has 0 saturated heterocycles. The average Bonchev–Trinajstić information content (AvgIpc) is 2.38. The van der Waals surface area contributed by atoms with Crippen LogP contribution in [0.15, 0.2) is 42.7 Å². The first kappa shape index (κ1) is 12.4. The maximum atomic E-state index is 4.30. The molecule has 0 amide bonds. The number of para-hydroxylation sites is 1. The molecule has 1 aromatic heterocycles. The van der Waals surface area contributed by atoms with Crippen LogP contribution in [0.2, 0.25) is 0 Å². The van der Waals surface area contributed by atoms with Crippen molar-refractivity contribution in [1.29, 1.82) is 0 Å². The number of hydrogen-bond donors (Lipinski definition) is 1. The molecule has 2 aromatic rings. The zero-order chi connectivity index (χ0) is 13.0. The van der Waals surface area contributed by atoms with Crippen LogP contribution in [0.25, 0.3) is 0 Å². The summed E-state index contributed by atoms with van der Waals surface area (Å²) in [6.07, 6.45) is 1.58. The maximum Gasteiger partial charge on any atom is 0.138 e. The van der Waals surface area contributed by atoms with Gasteiger partial charge in [0.1, 0.15) is 18.0 Å². The first-order valence-corrected chi connectivity index (χ1v) is 6.04. The van der Waals surface area contributed by atoms with Gasteiger partial charge >= 0.3 is 0 Å². The summed E-state index contributed by atoms with van der Waals surface area (Å²) in [7, 11) is 2.00. The van der Waals surface area contributed by atoms with E-state index in [4.69, 9.17) is 0 Å². The van der Waals surface area contributed by atoms with Gasteiger partial charge in [0.15, 0.2) is 0 Å². The monoisotopic (exact) mass is 242 g/mol. The highest BCUT2D eigenvalue weighted by Gasteiger charge is 2.06. The molecule has 0 saturated carbocycles. The minimum Gasteiger partial charge on any atom is -0.368 e. The predicted molar refractivity (Wildman–Crippen MR) is 75.3 cm³/mol. The van der Waals surface area contributed by atoms with E-state index in [-0.39, 0.29) is 0 Å². The summed E-state index contributed by atoms with van der Waals surface area (Å²) in [6, 6.07) is 12.4. The number of nitrogens with one attached hydrogen (secondary N) is 1. The van der Waals surface area contributed by atoms with Gasteiger partial charge in [0.25, 0.3) is 0 Å². The van der Waals surface area contributed by atoms with E-state index in [1.807, 2.05) is 36.2 Å².